The van der Waals surface area contributed by atoms with E-state index in [1.165, 1.54) is 25.2 Å². The maximum atomic E-state index is 12.0. The van der Waals surface area contributed by atoms with E-state index in [2.05, 4.69) is 15.9 Å². The van der Waals surface area contributed by atoms with Gasteiger partial charge in [0.15, 0.2) is 15.6 Å². The summed E-state index contributed by atoms with van der Waals surface area (Å²) in [5.41, 5.74) is 0.426. The highest BCUT2D eigenvalue weighted by Gasteiger charge is 2.39. The van der Waals surface area contributed by atoms with Crippen molar-refractivity contribution in [2.45, 2.75) is 18.6 Å². The van der Waals surface area contributed by atoms with E-state index >= 15 is 0 Å². The highest BCUT2D eigenvalue weighted by molar-refractivity contribution is 9.10. The zero-order chi connectivity index (χ0) is 11.9. The van der Waals surface area contributed by atoms with Crippen molar-refractivity contribution in [1.29, 1.82) is 0 Å². The molecule has 0 aromatic carbocycles. The molecule has 84 valence electrons. The van der Waals surface area contributed by atoms with Crippen LogP contribution < -0.4 is 0 Å². The molecule has 0 N–H and O–H groups in total. The van der Waals surface area contributed by atoms with Gasteiger partial charge in [0.1, 0.15) is 4.75 Å². The molecule has 0 aliphatic rings. The van der Waals surface area contributed by atoms with Crippen LogP contribution in [0.4, 0.5) is 0 Å². The van der Waals surface area contributed by atoms with Crippen LogP contribution in [0.2, 0.25) is 0 Å². The SMILES string of the molecule is CC(C)(C(=O)c1cscc1Br)S(C)(=O)=O. The Morgan fingerprint density at radius 2 is 1.93 bits per heavy atom. The summed E-state index contributed by atoms with van der Waals surface area (Å²) < 4.78 is 22.2. The molecule has 0 atom stereocenters. The average Bonchev–Trinajstić information content (AvgIpc) is 2.48. The van der Waals surface area contributed by atoms with E-state index < -0.39 is 14.6 Å². The van der Waals surface area contributed by atoms with Crippen molar-refractivity contribution in [3.8, 4) is 0 Å². The summed E-state index contributed by atoms with van der Waals surface area (Å²) in [6.07, 6.45) is 1.07. The van der Waals surface area contributed by atoms with Crippen LogP contribution in [0.15, 0.2) is 15.2 Å². The van der Waals surface area contributed by atoms with Gasteiger partial charge < -0.3 is 0 Å². The van der Waals surface area contributed by atoms with Crippen LogP contribution in [-0.4, -0.2) is 25.2 Å². The fourth-order valence-electron chi connectivity index (χ4n) is 0.936. The summed E-state index contributed by atoms with van der Waals surface area (Å²) in [6, 6.07) is 0. The van der Waals surface area contributed by atoms with Crippen molar-refractivity contribution < 1.29 is 13.2 Å². The van der Waals surface area contributed by atoms with Gasteiger partial charge in [-0.2, -0.15) is 11.3 Å². The number of halogens is 1. The number of sulfone groups is 1. The molecule has 0 saturated heterocycles. The molecule has 0 spiro atoms. The van der Waals surface area contributed by atoms with Crippen molar-refractivity contribution >= 4 is 42.9 Å². The molecular weight excluding hydrogens is 300 g/mol. The third kappa shape index (κ3) is 2.32. The van der Waals surface area contributed by atoms with Crippen LogP contribution in [-0.2, 0) is 9.84 Å². The van der Waals surface area contributed by atoms with E-state index in [4.69, 9.17) is 0 Å². The number of hydrogen-bond donors (Lipinski definition) is 0. The number of carbonyl (C=O) groups is 1. The summed E-state index contributed by atoms with van der Waals surface area (Å²) in [7, 11) is -3.41. The van der Waals surface area contributed by atoms with Crippen LogP contribution in [0.3, 0.4) is 0 Å². The van der Waals surface area contributed by atoms with Crippen molar-refractivity contribution in [2.24, 2.45) is 0 Å². The summed E-state index contributed by atoms with van der Waals surface area (Å²) in [5, 5.41) is 3.41. The second kappa shape index (κ2) is 3.99. The zero-order valence-corrected chi connectivity index (χ0v) is 11.8. The van der Waals surface area contributed by atoms with E-state index in [0.29, 0.717) is 10.0 Å². The van der Waals surface area contributed by atoms with Gasteiger partial charge in [-0.1, -0.05) is 0 Å². The van der Waals surface area contributed by atoms with Crippen LogP contribution in [0.1, 0.15) is 24.2 Å². The number of rotatable bonds is 3. The van der Waals surface area contributed by atoms with E-state index in [1.54, 1.807) is 10.8 Å². The average molecular weight is 311 g/mol. The fraction of sp³-hybridized carbons (Fsp3) is 0.444. The number of hydrogen-bond acceptors (Lipinski definition) is 4. The van der Waals surface area contributed by atoms with Gasteiger partial charge in [0.25, 0.3) is 0 Å². The lowest BCUT2D eigenvalue weighted by molar-refractivity contribution is 0.0954. The highest BCUT2D eigenvalue weighted by Crippen LogP contribution is 2.28. The molecule has 1 rings (SSSR count). The van der Waals surface area contributed by atoms with Crippen molar-refractivity contribution in [2.75, 3.05) is 6.26 Å². The van der Waals surface area contributed by atoms with Gasteiger partial charge >= 0.3 is 0 Å². The lowest BCUT2D eigenvalue weighted by atomic mass is 10.0. The predicted molar refractivity (Wildman–Crippen MR) is 65.3 cm³/mol. The summed E-state index contributed by atoms with van der Waals surface area (Å²) in [6.45, 7) is 2.85. The number of thiophene rings is 1. The molecule has 0 bridgehead atoms. The van der Waals surface area contributed by atoms with Crippen molar-refractivity contribution in [3.05, 3.63) is 20.8 Å². The Morgan fingerprint density at radius 1 is 1.40 bits per heavy atom. The Hall–Kier alpha value is -0.200. The second-order valence-corrected chi connectivity index (χ2v) is 7.91. The molecule has 0 radical (unpaired) electrons. The van der Waals surface area contributed by atoms with Gasteiger partial charge in [-0.05, 0) is 29.8 Å². The topological polar surface area (TPSA) is 51.2 Å². The van der Waals surface area contributed by atoms with Crippen LogP contribution in [0.5, 0.6) is 0 Å². The minimum absolute atomic E-state index is 0.377. The minimum Gasteiger partial charge on any atom is -0.292 e. The van der Waals surface area contributed by atoms with E-state index in [9.17, 15) is 13.2 Å². The molecule has 15 heavy (non-hydrogen) atoms. The first-order valence-corrected chi connectivity index (χ1v) is 7.76. The second-order valence-electron chi connectivity index (χ2n) is 3.74. The largest absolute Gasteiger partial charge is 0.292 e. The normalized spacial score (nSPS) is 12.8. The van der Waals surface area contributed by atoms with Gasteiger partial charge in [-0.15, -0.1) is 0 Å². The first-order valence-electron chi connectivity index (χ1n) is 4.14. The number of ketones is 1. The molecule has 1 aromatic rings. The Balaban J connectivity index is 3.23. The minimum atomic E-state index is -3.41. The van der Waals surface area contributed by atoms with Gasteiger partial charge in [-0.25, -0.2) is 8.42 Å². The highest BCUT2D eigenvalue weighted by atomic mass is 79.9. The Bertz CT molecular complexity index is 485. The lowest BCUT2D eigenvalue weighted by Gasteiger charge is -2.20. The fourth-order valence-corrected chi connectivity index (χ4v) is 2.84. The molecule has 3 nitrogen and oxygen atoms in total. The molecule has 1 heterocycles. The summed E-state index contributed by atoms with van der Waals surface area (Å²) >= 11 is 4.58. The Morgan fingerprint density at radius 3 is 2.27 bits per heavy atom. The van der Waals surface area contributed by atoms with Gasteiger partial charge in [0.05, 0.1) is 0 Å². The third-order valence-electron chi connectivity index (χ3n) is 2.33. The molecular formula is C9H11BrO3S2. The maximum Gasteiger partial charge on any atom is 0.185 e. The van der Waals surface area contributed by atoms with Crippen LogP contribution in [0.25, 0.3) is 0 Å². The lowest BCUT2D eigenvalue weighted by Crippen LogP contribution is -2.39. The van der Waals surface area contributed by atoms with Gasteiger partial charge in [0, 0.05) is 27.1 Å². The monoisotopic (exact) mass is 310 g/mol. The predicted octanol–water partition coefficient (Wildman–Crippen LogP) is 2.52. The Kier molecular flexibility index (Phi) is 3.42. The molecule has 0 unspecified atom stereocenters. The quantitative estimate of drug-likeness (QED) is 0.806. The third-order valence-corrected chi connectivity index (χ3v) is 6.08. The Labute approximate surface area is 102 Å². The molecule has 0 fully saturated rings. The van der Waals surface area contributed by atoms with E-state index in [-0.39, 0.29) is 5.78 Å². The van der Waals surface area contributed by atoms with Crippen LogP contribution >= 0.6 is 27.3 Å². The maximum absolute atomic E-state index is 12.0. The molecule has 1 aromatic heterocycles. The number of Topliss-reactive ketones (excluding diaryl/α,β-unsaturated/α-hetero) is 1. The van der Waals surface area contributed by atoms with Crippen molar-refractivity contribution in [1.82, 2.24) is 0 Å². The van der Waals surface area contributed by atoms with Gasteiger partial charge in [-0.3, -0.25) is 4.79 Å². The molecule has 0 saturated carbocycles. The first-order chi connectivity index (χ1) is 6.68. The number of carbonyl (C=O) groups excluding carboxylic acids is 1. The summed E-state index contributed by atoms with van der Waals surface area (Å²) in [5.74, 6) is -0.377. The first kappa shape index (κ1) is 12.9. The molecule has 0 aliphatic heterocycles. The molecule has 6 heteroatoms. The smallest absolute Gasteiger partial charge is 0.185 e. The van der Waals surface area contributed by atoms with E-state index in [0.717, 1.165) is 6.26 Å². The van der Waals surface area contributed by atoms with Gasteiger partial charge in [0.2, 0.25) is 0 Å². The van der Waals surface area contributed by atoms with Crippen LogP contribution in [0, 0.1) is 0 Å². The molecule has 0 amide bonds. The van der Waals surface area contributed by atoms with Crippen molar-refractivity contribution in [3.63, 3.8) is 0 Å². The van der Waals surface area contributed by atoms with E-state index in [1.807, 2.05) is 0 Å². The standard InChI is InChI=1S/C9H11BrO3S2/c1-9(2,15(3,12)13)8(11)6-4-14-5-7(6)10/h4-5H,1-3H3. The molecule has 0 aliphatic carbocycles. The zero-order valence-electron chi connectivity index (χ0n) is 8.57. The summed E-state index contributed by atoms with van der Waals surface area (Å²) in [4.78, 5) is 12.0.